The third-order valence-corrected chi connectivity index (χ3v) is 7.89. The molecule has 0 aromatic heterocycles. The van der Waals surface area contributed by atoms with Crippen LogP contribution < -0.4 is 9.47 Å². The molecular weight excluding hydrogens is 470 g/mol. The first kappa shape index (κ1) is 26.2. The highest BCUT2D eigenvalue weighted by Gasteiger charge is 2.20. The summed E-state index contributed by atoms with van der Waals surface area (Å²) in [4.78, 5) is 2.86. The van der Waals surface area contributed by atoms with Gasteiger partial charge in [0.25, 0.3) is 0 Å². The highest BCUT2D eigenvalue weighted by atomic mass is 32.2. The van der Waals surface area contributed by atoms with Crippen LogP contribution in [0.15, 0.2) is 77.7 Å². The van der Waals surface area contributed by atoms with Crippen molar-refractivity contribution in [3.05, 3.63) is 78.4 Å². The van der Waals surface area contributed by atoms with Gasteiger partial charge in [0.1, 0.15) is 11.5 Å². The summed E-state index contributed by atoms with van der Waals surface area (Å²) in [6, 6.07) is 23.5. The second-order valence-corrected chi connectivity index (χ2v) is 11.7. The normalized spacial score (nSPS) is 15.1. The lowest BCUT2D eigenvalue weighted by Crippen LogP contribution is -2.35. The highest BCUT2D eigenvalue weighted by molar-refractivity contribution is 7.90. The fourth-order valence-corrected chi connectivity index (χ4v) is 5.08. The minimum atomic E-state index is -3.18. The standard InChI is InChI=1S/C30H37NO4S/c1-3-4-21-34-28-11-5-24(6-12-28)22-31-19-17-25(18-20-31)23-35-29-13-7-26(8-14-29)27-9-15-30(16-10-27)36(2,32)33/h5-16,25H,3-4,17-23H2,1-2H3. The number of hydrogen-bond donors (Lipinski definition) is 0. The molecule has 0 unspecified atom stereocenters. The fourth-order valence-electron chi connectivity index (χ4n) is 4.45. The van der Waals surface area contributed by atoms with Gasteiger partial charge in [-0.15, -0.1) is 0 Å². The van der Waals surface area contributed by atoms with E-state index in [1.165, 1.54) is 11.8 Å². The van der Waals surface area contributed by atoms with Crippen LogP contribution in [0.25, 0.3) is 11.1 Å². The number of unbranched alkanes of at least 4 members (excludes halogenated alkanes) is 1. The molecule has 0 radical (unpaired) electrons. The van der Waals surface area contributed by atoms with Crippen molar-refractivity contribution in [3.8, 4) is 22.6 Å². The number of piperidine rings is 1. The predicted octanol–water partition coefficient (Wildman–Crippen LogP) is 6.23. The molecule has 192 valence electrons. The molecule has 0 saturated carbocycles. The molecule has 0 bridgehead atoms. The molecule has 0 N–H and O–H groups in total. The Morgan fingerprint density at radius 3 is 1.94 bits per heavy atom. The van der Waals surface area contributed by atoms with E-state index in [9.17, 15) is 8.42 Å². The van der Waals surface area contributed by atoms with Crippen LogP contribution in [-0.2, 0) is 16.4 Å². The minimum absolute atomic E-state index is 0.336. The molecule has 1 heterocycles. The first-order valence-electron chi connectivity index (χ1n) is 12.9. The van der Waals surface area contributed by atoms with E-state index in [0.29, 0.717) is 10.8 Å². The molecule has 4 rings (SSSR count). The van der Waals surface area contributed by atoms with Crippen molar-refractivity contribution < 1.29 is 17.9 Å². The van der Waals surface area contributed by atoms with Crippen LogP contribution in [0.5, 0.6) is 11.5 Å². The Balaban J connectivity index is 1.19. The quantitative estimate of drug-likeness (QED) is 0.288. The van der Waals surface area contributed by atoms with Crippen molar-refractivity contribution in [2.24, 2.45) is 5.92 Å². The maximum absolute atomic E-state index is 11.7. The molecule has 0 spiro atoms. The van der Waals surface area contributed by atoms with Gasteiger partial charge in [0.2, 0.25) is 0 Å². The summed E-state index contributed by atoms with van der Waals surface area (Å²) >= 11 is 0. The van der Waals surface area contributed by atoms with Crippen LogP contribution in [0.3, 0.4) is 0 Å². The van der Waals surface area contributed by atoms with Crippen molar-refractivity contribution in [1.82, 2.24) is 4.90 Å². The average Bonchev–Trinajstić information content (AvgIpc) is 2.89. The Labute approximate surface area is 216 Å². The lowest BCUT2D eigenvalue weighted by Gasteiger charge is -2.31. The van der Waals surface area contributed by atoms with Gasteiger partial charge >= 0.3 is 0 Å². The van der Waals surface area contributed by atoms with Crippen molar-refractivity contribution in [1.29, 1.82) is 0 Å². The van der Waals surface area contributed by atoms with E-state index >= 15 is 0 Å². The van der Waals surface area contributed by atoms with Gasteiger partial charge in [-0.2, -0.15) is 0 Å². The molecule has 1 aliphatic rings. The highest BCUT2D eigenvalue weighted by Crippen LogP contribution is 2.26. The Hall–Kier alpha value is -2.83. The Morgan fingerprint density at radius 1 is 0.806 bits per heavy atom. The summed E-state index contributed by atoms with van der Waals surface area (Å²) in [6.45, 7) is 6.86. The number of benzene rings is 3. The van der Waals surface area contributed by atoms with E-state index in [1.807, 2.05) is 36.4 Å². The lowest BCUT2D eigenvalue weighted by molar-refractivity contribution is 0.136. The third-order valence-electron chi connectivity index (χ3n) is 6.76. The maximum Gasteiger partial charge on any atom is 0.175 e. The summed E-state index contributed by atoms with van der Waals surface area (Å²) in [6.07, 6.45) is 5.75. The topological polar surface area (TPSA) is 55.8 Å². The van der Waals surface area contributed by atoms with Crippen LogP contribution in [0.2, 0.25) is 0 Å². The molecule has 5 nitrogen and oxygen atoms in total. The van der Waals surface area contributed by atoms with Crippen LogP contribution in [0, 0.1) is 5.92 Å². The minimum Gasteiger partial charge on any atom is -0.494 e. The van der Waals surface area contributed by atoms with Crippen LogP contribution in [0.4, 0.5) is 0 Å². The van der Waals surface area contributed by atoms with Gasteiger partial charge in [-0.3, -0.25) is 4.90 Å². The number of ether oxygens (including phenoxy) is 2. The molecule has 3 aromatic carbocycles. The zero-order valence-corrected chi connectivity index (χ0v) is 22.2. The van der Waals surface area contributed by atoms with E-state index in [4.69, 9.17) is 9.47 Å². The summed E-state index contributed by atoms with van der Waals surface area (Å²) < 4.78 is 35.2. The molecule has 1 fully saturated rings. The van der Waals surface area contributed by atoms with Crippen LogP contribution in [-0.4, -0.2) is 45.9 Å². The van der Waals surface area contributed by atoms with Gasteiger partial charge in [0.05, 0.1) is 18.1 Å². The smallest absolute Gasteiger partial charge is 0.175 e. The second kappa shape index (κ2) is 12.4. The summed E-state index contributed by atoms with van der Waals surface area (Å²) in [5.74, 6) is 2.40. The Kier molecular flexibility index (Phi) is 9.05. The van der Waals surface area contributed by atoms with E-state index in [2.05, 4.69) is 36.1 Å². The number of sulfone groups is 1. The van der Waals surface area contributed by atoms with Gasteiger partial charge in [0, 0.05) is 12.8 Å². The van der Waals surface area contributed by atoms with E-state index in [-0.39, 0.29) is 0 Å². The second-order valence-electron chi connectivity index (χ2n) is 9.70. The number of likely N-dealkylation sites (tertiary alicyclic amines) is 1. The molecule has 0 amide bonds. The van der Waals surface area contributed by atoms with Gasteiger partial charge in [-0.1, -0.05) is 49.7 Å². The van der Waals surface area contributed by atoms with Crippen molar-refractivity contribution in [2.45, 2.75) is 44.0 Å². The van der Waals surface area contributed by atoms with Crippen molar-refractivity contribution >= 4 is 9.84 Å². The molecule has 3 aromatic rings. The zero-order valence-electron chi connectivity index (χ0n) is 21.4. The first-order chi connectivity index (χ1) is 17.4. The van der Waals surface area contributed by atoms with Crippen molar-refractivity contribution in [3.63, 3.8) is 0 Å². The maximum atomic E-state index is 11.7. The van der Waals surface area contributed by atoms with Gasteiger partial charge < -0.3 is 9.47 Å². The van der Waals surface area contributed by atoms with E-state index in [1.54, 1.807) is 12.1 Å². The predicted molar refractivity (Wildman–Crippen MR) is 145 cm³/mol. The van der Waals surface area contributed by atoms with Crippen LogP contribution >= 0.6 is 0 Å². The summed E-state index contributed by atoms with van der Waals surface area (Å²) in [7, 11) is -3.18. The number of rotatable bonds is 11. The fraction of sp³-hybridized carbons (Fsp3) is 0.400. The molecular formula is C30H37NO4S. The Bertz CT molecular complexity index is 1180. The van der Waals surface area contributed by atoms with Gasteiger partial charge in [-0.05, 0) is 91.4 Å². The van der Waals surface area contributed by atoms with Gasteiger partial charge in [-0.25, -0.2) is 8.42 Å². The van der Waals surface area contributed by atoms with E-state index in [0.717, 1.165) is 81.2 Å². The largest absolute Gasteiger partial charge is 0.494 e. The Morgan fingerprint density at radius 2 is 1.36 bits per heavy atom. The molecule has 0 aliphatic carbocycles. The summed E-state index contributed by atoms with van der Waals surface area (Å²) in [5, 5.41) is 0. The van der Waals surface area contributed by atoms with Crippen molar-refractivity contribution in [2.75, 3.05) is 32.6 Å². The molecule has 36 heavy (non-hydrogen) atoms. The molecule has 6 heteroatoms. The summed E-state index contributed by atoms with van der Waals surface area (Å²) in [5.41, 5.74) is 3.36. The van der Waals surface area contributed by atoms with E-state index < -0.39 is 9.84 Å². The van der Waals surface area contributed by atoms with Gasteiger partial charge in [0.15, 0.2) is 9.84 Å². The number of nitrogens with zero attached hydrogens (tertiary/aromatic N) is 1. The van der Waals surface area contributed by atoms with Crippen LogP contribution in [0.1, 0.15) is 38.2 Å². The molecule has 1 saturated heterocycles. The SMILES string of the molecule is CCCCOc1ccc(CN2CCC(COc3ccc(-c4ccc(S(C)(=O)=O)cc4)cc3)CC2)cc1. The zero-order chi connectivity index (χ0) is 25.4. The lowest BCUT2D eigenvalue weighted by atomic mass is 9.97. The monoisotopic (exact) mass is 507 g/mol. The molecule has 1 aliphatic heterocycles. The molecule has 0 atom stereocenters. The third kappa shape index (κ3) is 7.58. The average molecular weight is 508 g/mol. The number of hydrogen-bond acceptors (Lipinski definition) is 5. The first-order valence-corrected chi connectivity index (χ1v) is 14.8.